The normalized spacial score (nSPS) is 10.6. The van der Waals surface area contributed by atoms with Gasteiger partial charge in [0.2, 0.25) is 0 Å². The van der Waals surface area contributed by atoms with Crippen molar-refractivity contribution in [2.75, 3.05) is 19.6 Å². The highest BCUT2D eigenvalue weighted by Gasteiger charge is 2.10. The van der Waals surface area contributed by atoms with E-state index in [0.29, 0.717) is 6.54 Å². The van der Waals surface area contributed by atoms with Crippen LogP contribution in [0.5, 0.6) is 0 Å². The van der Waals surface area contributed by atoms with Crippen molar-refractivity contribution >= 4 is 27.3 Å². The molecule has 0 spiro atoms. The van der Waals surface area contributed by atoms with Crippen molar-refractivity contribution in [1.82, 2.24) is 10.6 Å². The van der Waals surface area contributed by atoms with E-state index in [-0.39, 0.29) is 5.91 Å². The SMILES string of the molecule is CCNCCNC(=O)c1csc2ccccc12. The Morgan fingerprint density at radius 1 is 1.29 bits per heavy atom. The third kappa shape index (κ3) is 2.84. The molecule has 0 aliphatic heterocycles. The molecule has 0 radical (unpaired) electrons. The number of carbonyl (C=O) groups excluding carboxylic acids is 1. The Morgan fingerprint density at radius 3 is 2.94 bits per heavy atom. The predicted octanol–water partition coefficient (Wildman–Crippen LogP) is 2.24. The topological polar surface area (TPSA) is 41.1 Å². The fraction of sp³-hybridized carbons (Fsp3) is 0.308. The highest BCUT2D eigenvalue weighted by molar-refractivity contribution is 7.17. The van der Waals surface area contributed by atoms with Crippen LogP contribution in [0.25, 0.3) is 10.1 Å². The Hall–Kier alpha value is -1.39. The van der Waals surface area contributed by atoms with E-state index in [1.165, 1.54) is 0 Å². The van der Waals surface area contributed by atoms with Crippen molar-refractivity contribution in [1.29, 1.82) is 0 Å². The van der Waals surface area contributed by atoms with E-state index in [2.05, 4.69) is 10.6 Å². The molecule has 0 saturated heterocycles. The molecule has 0 fully saturated rings. The molecule has 2 N–H and O–H groups in total. The number of benzene rings is 1. The zero-order valence-electron chi connectivity index (χ0n) is 9.82. The summed E-state index contributed by atoms with van der Waals surface area (Å²) in [5, 5.41) is 9.06. The van der Waals surface area contributed by atoms with Crippen LogP contribution >= 0.6 is 11.3 Å². The van der Waals surface area contributed by atoms with E-state index < -0.39 is 0 Å². The van der Waals surface area contributed by atoms with E-state index in [1.54, 1.807) is 11.3 Å². The molecule has 0 bridgehead atoms. The number of fused-ring (bicyclic) bond motifs is 1. The van der Waals surface area contributed by atoms with Crippen LogP contribution in [0.3, 0.4) is 0 Å². The minimum atomic E-state index is 0.0142. The van der Waals surface area contributed by atoms with Gasteiger partial charge < -0.3 is 10.6 Å². The molecule has 4 heteroatoms. The second kappa shape index (κ2) is 5.80. The van der Waals surface area contributed by atoms with Crippen molar-refractivity contribution in [3.8, 4) is 0 Å². The first-order chi connectivity index (χ1) is 8.33. The average molecular weight is 248 g/mol. The lowest BCUT2D eigenvalue weighted by Gasteiger charge is -2.04. The summed E-state index contributed by atoms with van der Waals surface area (Å²) in [5.41, 5.74) is 0.780. The van der Waals surface area contributed by atoms with E-state index in [0.717, 1.165) is 28.7 Å². The molecule has 1 amide bonds. The second-order valence-electron chi connectivity index (χ2n) is 3.75. The number of hydrogen-bond acceptors (Lipinski definition) is 3. The predicted molar refractivity (Wildman–Crippen MR) is 72.7 cm³/mol. The van der Waals surface area contributed by atoms with Crippen LogP contribution in [0, 0.1) is 0 Å². The number of nitrogens with one attached hydrogen (secondary N) is 2. The second-order valence-corrected chi connectivity index (χ2v) is 4.67. The third-order valence-electron chi connectivity index (χ3n) is 2.56. The molecule has 3 nitrogen and oxygen atoms in total. The van der Waals surface area contributed by atoms with E-state index in [9.17, 15) is 4.79 Å². The maximum absolute atomic E-state index is 12.0. The average Bonchev–Trinajstić information content (AvgIpc) is 2.78. The maximum Gasteiger partial charge on any atom is 0.252 e. The summed E-state index contributed by atoms with van der Waals surface area (Å²) in [7, 11) is 0. The molecule has 0 atom stereocenters. The van der Waals surface area contributed by atoms with E-state index >= 15 is 0 Å². The summed E-state index contributed by atoms with van der Waals surface area (Å²) in [5.74, 6) is 0.0142. The maximum atomic E-state index is 12.0. The molecule has 2 aromatic rings. The van der Waals surface area contributed by atoms with Crippen molar-refractivity contribution in [2.24, 2.45) is 0 Å². The number of thiophene rings is 1. The molecule has 1 heterocycles. The van der Waals surface area contributed by atoms with Crippen molar-refractivity contribution in [2.45, 2.75) is 6.92 Å². The molecule has 2 rings (SSSR count). The Balaban J connectivity index is 2.04. The Kier molecular flexibility index (Phi) is 4.12. The molecule has 1 aromatic carbocycles. The van der Waals surface area contributed by atoms with Gasteiger partial charge in [-0.05, 0) is 12.6 Å². The fourth-order valence-electron chi connectivity index (χ4n) is 1.69. The minimum Gasteiger partial charge on any atom is -0.351 e. The number of hydrogen-bond donors (Lipinski definition) is 2. The quantitative estimate of drug-likeness (QED) is 0.797. The van der Waals surface area contributed by atoms with Gasteiger partial charge in [0, 0.05) is 28.6 Å². The van der Waals surface area contributed by atoms with Gasteiger partial charge in [-0.2, -0.15) is 0 Å². The van der Waals surface area contributed by atoms with Crippen LogP contribution < -0.4 is 10.6 Å². The smallest absolute Gasteiger partial charge is 0.252 e. The van der Waals surface area contributed by atoms with Crippen LogP contribution in [0.2, 0.25) is 0 Å². The van der Waals surface area contributed by atoms with Gasteiger partial charge in [-0.25, -0.2) is 0 Å². The van der Waals surface area contributed by atoms with Crippen LogP contribution in [-0.2, 0) is 0 Å². The molecule has 0 aliphatic rings. The third-order valence-corrected chi connectivity index (χ3v) is 3.53. The Labute approximate surface area is 105 Å². The van der Waals surface area contributed by atoms with E-state index in [1.807, 2.05) is 36.6 Å². The lowest BCUT2D eigenvalue weighted by atomic mass is 10.2. The van der Waals surface area contributed by atoms with Gasteiger partial charge >= 0.3 is 0 Å². The zero-order valence-corrected chi connectivity index (χ0v) is 10.6. The van der Waals surface area contributed by atoms with Gasteiger partial charge in [-0.15, -0.1) is 11.3 Å². The molecule has 0 saturated carbocycles. The highest BCUT2D eigenvalue weighted by Crippen LogP contribution is 2.25. The molecular formula is C13H16N2OS. The molecule has 0 aliphatic carbocycles. The van der Waals surface area contributed by atoms with Gasteiger partial charge in [0.15, 0.2) is 0 Å². The minimum absolute atomic E-state index is 0.0142. The molecule has 90 valence electrons. The molecular weight excluding hydrogens is 232 g/mol. The van der Waals surface area contributed by atoms with Gasteiger partial charge in [0.1, 0.15) is 0 Å². The lowest BCUT2D eigenvalue weighted by Crippen LogP contribution is -2.31. The van der Waals surface area contributed by atoms with Gasteiger partial charge in [-0.1, -0.05) is 25.1 Å². The highest BCUT2D eigenvalue weighted by atomic mass is 32.1. The molecule has 1 aromatic heterocycles. The Bertz CT molecular complexity index is 507. The largest absolute Gasteiger partial charge is 0.351 e. The first-order valence-corrected chi connectivity index (χ1v) is 6.66. The lowest BCUT2D eigenvalue weighted by molar-refractivity contribution is 0.0956. The van der Waals surface area contributed by atoms with Crippen LogP contribution in [0.15, 0.2) is 29.6 Å². The summed E-state index contributed by atoms with van der Waals surface area (Å²) in [6, 6.07) is 7.98. The van der Waals surface area contributed by atoms with E-state index in [4.69, 9.17) is 0 Å². The van der Waals surface area contributed by atoms with Crippen LogP contribution in [0.1, 0.15) is 17.3 Å². The van der Waals surface area contributed by atoms with Crippen molar-refractivity contribution in [3.05, 3.63) is 35.2 Å². The number of amides is 1. The van der Waals surface area contributed by atoms with Gasteiger partial charge in [0.25, 0.3) is 5.91 Å². The number of carbonyl (C=O) groups is 1. The van der Waals surface area contributed by atoms with Crippen LogP contribution in [-0.4, -0.2) is 25.5 Å². The zero-order chi connectivity index (χ0) is 12.1. The molecule has 17 heavy (non-hydrogen) atoms. The first kappa shape index (κ1) is 12.1. The van der Waals surface area contributed by atoms with Crippen molar-refractivity contribution in [3.63, 3.8) is 0 Å². The number of rotatable bonds is 5. The van der Waals surface area contributed by atoms with Gasteiger partial charge in [-0.3, -0.25) is 4.79 Å². The standard InChI is InChI=1S/C13H16N2OS/c1-2-14-7-8-15-13(16)11-9-17-12-6-4-3-5-10(11)12/h3-6,9,14H,2,7-8H2,1H3,(H,15,16). The number of likely N-dealkylation sites (N-methyl/N-ethyl adjacent to an activating group) is 1. The van der Waals surface area contributed by atoms with Crippen molar-refractivity contribution < 1.29 is 4.79 Å². The molecule has 0 unspecified atom stereocenters. The van der Waals surface area contributed by atoms with Gasteiger partial charge in [0.05, 0.1) is 5.56 Å². The summed E-state index contributed by atoms with van der Waals surface area (Å²) < 4.78 is 1.16. The fourth-order valence-corrected chi connectivity index (χ4v) is 2.63. The summed E-state index contributed by atoms with van der Waals surface area (Å²) in [6.45, 7) is 4.45. The van der Waals surface area contributed by atoms with Crippen LogP contribution in [0.4, 0.5) is 0 Å². The summed E-state index contributed by atoms with van der Waals surface area (Å²) in [6.07, 6.45) is 0. The summed E-state index contributed by atoms with van der Waals surface area (Å²) in [4.78, 5) is 12.0. The first-order valence-electron chi connectivity index (χ1n) is 5.78. The monoisotopic (exact) mass is 248 g/mol. The summed E-state index contributed by atoms with van der Waals surface area (Å²) >= 11 is 1.61. The Morgan fingerprint density at radius 2 is 2.12 bits per heavy atom.